The number of hydrogen-bond donors (Lipinski definition) is 0. The van der Waals surface area contributed by atoms with Gasteiger partial charge in [-0.15, -0.1) is 0 Å². The van der Waals surface area contributed by atoms with E-state index in [9.17, 15) is 27.6 Å². The van der Waals surface area contributed by atoms with E-state index in [-0.39, 0.29) is 17.4 Å². The molecule has 0 aliphatic carbocycles. The molecule has 0 atom stereocenters. The van der Waals surface area contributed by atoms with Crippen molar-refractivity contribution in [3.63, 3.8) is 0 Å². The van der Waals surface area contributed by atoms with Crippen LogP contribution in [-0.4, -0.2) is 64.3 Å². The van der Waals surface area contributed by atoms with Gasteiger partial charge in [0.15, 0.2) is 0 Å². The Morgan fingerprint density at radius 1 is 1.15 bits per heavy atom. The maximum Gasteiger partial charge on any atom is 0.416 e. The summed E-state index contributed by atoms with van der Waals surface area (Å²) in [5.74, 6) is -0.893. The summed E-state index contributed by atoms with van der Waals surface area (Å²) in [7, 11) is 0. The zero-order chi connectivity index (χ0) is 24.6. The summed E-state index contributed by atoms with van der Waals surface area (Å²) >= 11 is 0.736. The summed E-state index contributed by atoms with van der Waals surface area (Å²) in [4.78, 5) is 40.4. The standard InChI is InChI=1S/C23H22F3N3O4S/c1-14-10-16(15(2)29(14)18-5-3-4-17(12-18)23(24,25)26)11-19-21(31)28(22(32)34-19)13-20(30)27-6-8-33-9-7-27/h3-5,10-12H,6-9,13H2,1-2H3. The Labute approximate surface area is 198 Å². The van der Waals surface area contributed by atoms with Crippen LogP contribution in [0.4, 0.5) is 18.0 Å². The van der Waals surface area contributed by atoms with Crippen LogP contribution in [0.2, 0.25) is 0 Å². The Morgan fingerprint density at radius 2 is 1.85 bits per heavy atom. The molecule has 7 nitrogen and oxygen atoms in total. The van der Waals surface area contributed by atoms with E-state index in [1.54, 1.807) is 35.4 Å². The van der Waals surface area contributed by atoms with Crippen molar-refractivity contribution in [3.8, 4) is 5.69 Å². The maximum absolute atomic E-state index is 13.2. The highest BCUT2D eigenvalue weighted by Gasteiger charge is 2.37. The fraction of sp³-hybridized carbons (Fsp3) is 0.348. The van der Waals surface area contributed by atoms with Gasteiger partial charge < -0.3 is 14.2 Å². The number of aryl methyl sites for hydroxylation is 1. The van der Waals surface area contributed by atoms with E-state index in [0.29, 0.717) is 48.9 Å². The number of alkyl halides is 3. The van der Waals surface area contributed by atoms with Crippen LogP contribution in [0, 0.1) is 13.8 Å². The number of halogens is 3. The van der Waals surface area contributed by atoms with E-state index in [1.807, 2.05) is 0 Å². The molecule has 3 heterocycles. The van der Waals surface area contributed by atoms with Gasteiger partial charge in [0.05, 0.1) is 23.7 Å². The molecule has 2 aromatic rings. The molecule has 3 amide bonds. The zero-order valence-corrected chi connectivity index (χ0v) is 19.3. The number of carbonyl (C=O) groups excluding carboxylic acids is 3. The van der Waals surface area contributed by atoms with E-state index in [1.165, 1.54) is 12.1 Å². The molecule has 4 rings (SSSR count). The lowest BCUT2D eigenvalue weighted by Crippen LogP contribution is -2.46. The van der Waals surface area contributed by atoms with Crippen LogP contribution < -0.4 is 0 Å². The fourth-order valence-corrected chi connectivity index (χ4v) is 4.81. The quantitative estimate of drug-likeness (QED) is 0.602. The van der Waals surface area contributed by atoms with Gasteiger partial charge in [0.1, 0.15) is 6.54 Å². The van der Waals surface area contributed by atoms with Gasteiger partial charge in [-0.25, -0.2) is 0 Å². The first-order valence-corrected chi connectivity index (χ1v) is 11.4. The van der Waals surface area contributed by atoms with Crippen LogP contribution >= 0.6 is 11.8 Å². The van der Waals surface area contributed by atoms with Crippen molar-refractivity contribution in [3.05, 3.63) is 57.8 Å². The van der Waals surface area contributed by atoms with Crippen molar-refractivity contribution in [2.24, 2.45) is 0 Å². The number of amides is 3. The van der Waals surface area contributed by atoms with E-state index in [2.05, 4.69) is 0 Å². The van der Waals surface area contributed by atoms with Gasteiger partial charge in [-0.1, -0.05) is 6.07 Å². The molecule has 2 fully saturated rings. The predicted octanol–water partition coefficient (Wildman–Crippen LogP) is 4.01. The van der Waals surface area contributed by atoms with Crippen molar-refractivity contribution in [1.82, 2.24) is 14.4 Å². The molecule has 34 heavy (non-hydrogen) atoms. The van der Waals surface area contributed by atoms with Crippen LogP contribution in [-0.2, 0) is 20.5 Å². The van der Waals surface area contributed by atoms with Crippen LogP contribution in [0.3, 0.4) is 0 Å². The van der Waals surface area contributed by atoms with Gasteiger partial charge in [-0.2, -0.15) is 13.2 Å². The van der Waals surface area contributed by atoms with E-state index in [0.717, 1.165) is 28.8 Å². The Balaban J connectivity index is 1.57. The lowest BCUT2D eigenvalue weighted by atomic mass is 10.2. The normalized spacial score (nSPS) is 18.3. The van der Waals surface area contributed by atoms with Crippen LogP contribution in [0.5, 0.6) is 0 Å². The number of rotatable bonds is 4. The Hall–Kier alpha value is -3.05. The Bertz CT molecular complexity index is 1180. The third kappa shape index (κ3) is 4.76. The van der Waals surface area contributed by atoms with Gasteiger partial charge in [-0.3, -0.25) is 19.3 Å². The summed E-state index contributed by atoms with van der Waals surface area (Å²) in [6.07, 6.45) is -2.93. The van der Waals surface area contributed by atoms with Crippen molar-refractivity contribution in [1.29, 1.82) is 0 Å². The monoisotopic (exact) mass is 493 g/mol. The fourth-order valence-electron chi connectivity index (χ4n) is 3.98. The molecule has 0 saturated carbocycles. The Morgan fingerprint density at radius 3 is 2.53 bits per heavy atom. The van der Waals surface area contributed by atoms with E-state index in [4.69, 9.17) is 4.74 Å². The minimum Gasteiger partial charge on any atom is -0.378 e. The number of imide groups is 1. The summed E-state index contributed by atoms with van der Waals surface area (Å²) in [6.45, 7) is 4.77. The topological polar surface area (TPSA) is 71.9 Å². The number of nitrogens with zero attached hydrogens (tertiary/aromatic N) is 3. The average Bonchev–Trinajstić information content (AvgIpc) is 3.22. The molecular formula is C23H22F3N3O4S. The first kappa shape index (κ1) is 24.1. The second-order valence-electron chi connectivity index (χ2n) is 7.97. The third-order valence-corrected chi connectivity index (χ3v) is 6.63. The Kier molecular flexibility index (Phi) is 6.59. The molecule has 0 unspecified atom stereocenters. The lowest BCUT2D eigenvalue weighted by molar-refractivity contribution is -0.139. The number of benzene rings is 1. The smallest absolute Gasteiger partial charge is 0.378 e. The van der Waals surface area contributed by atoms with Gasteiger partial charge in [0.25, 0.3) is 11.1 Å². The van der Waals surface area contributed by atoms with Crippen LogP contribution in [0.1, 0.15) is 22.5 Å². The highest BCUT2D eigenvalue weighted by Crippen LogP contribution is 2.35. The van der Waals surface area contributed by atoms with E-state index < -0.39 is 22.9 Å². The minimum absolute atomic E-state index is 0.157. The summed E-state index contributed by atoms with van der Waals surface area (Å²) < 4.78 is 46.3. The third-order valence-electron chi connectivity index (χ3n) is 5.72. The van der Waals surface area contributed by atoms with Gasteiger partial charge >= 0.3 is 6.18 Å². The summed E-state index contributed by atoms with van der Waals surface area (Å²) in [6, 6.07) is 6.72. The van der Waals surface area contributed by atoms with Gasteiger partial charge in [-0.05, 0) is 61.5 Å². The van der Waals surface area contributed by atoms with Crippen molar-refractivity contribution in [2.75, 3.05) is 32.8 Å². The van der Waals surface area contributed by atoms with Gasteiger partial charge in [0, 0.05) is 30.2 Å². The second-order valence-corrected chi connectivity index (χ2v) is 8.96. The number of thioether (sulfide) groups is 1. The molecule has 11 heteroatoms. The molecule has 1 aromatic heterocycles. The maximum atomic E-state index is 13.2. The average molecular weight is 494 g/mol. The first-order chi connectivity index (χ1) is 16.1. The zero-order valence-electron chi connectivity index (χ0n) is 18.5. The molecule has 2 aliphatic heterocycles. The summed E-state index contributed by atoms with van der Waals surface area (Å²) in [5.41, 5.74) is 1.47. The number of ether oxygens (including phenoxy) is 1. The van der Waals surface area contributed by atoms with Crippen molar-refractivity contribution >= 4 is 34.9 Å². The number of carbonyl (C=O) groups is 3. The molecule has 0 N–H and O–H groups in total. The number of hydrogen-bond acceptors (Lipinski definition) is 5. The first-order valence-electron chi connectivity index (χ1n) is 10.5. The molecule has 0 bridgehead atoms. The van der Waals surface area contributed by atoms with Crippen molar-refractivity contribution < 1.29 is 32.3 Å². The highest BCUT2D eigenvalue weighted by atomic mass is 32.2. The SMILES string of the molecule is Cc1cc(C=C2SC(=O)N(CC(=O)N3CCOCC3)C2=O)c(C)n1-c1cccc(C(F)(F)F)c1. The molecule has 0 radical (unpaired) electrons. The van der Waals surface area contributed by atoms with E-state index >= 15 is 0 Å². The number of aromatic nitrogens is 1. The molecule has 2 saturated heterocycles. The molecule has 0 spiro atoms. The van der Waals surface area contributed by atoms with Crippen molar-refractivity contribution in [2.45, 2.75) is 20.0 Å². The molecule has 180 valence electrons. The van der Waals surface area contributed by atoms with Crippen LogP contribution in [0.15, 0.2) is 35.2 Å². The van der Waals surface area contributed by atoms with Crippen LogP contribution in [0.25, 0.3) is 11.8 Å². The lowest BCUT2D eigenvalue weighted by Gasteiger charge is -2.28. The largest absolute Gasteiger partial charge is 0.416 e. The second kappa shape index (κ2) is 9.30. The van der Waals surface area contributed by atoms with Gasteiger partial charge in [0.2, 0.25) is 5.91 Å². The molecular weight excluding hydrogens is 471 g/mol. The minimum atomic E-state index is -4.47. The highest BCUT2D eigenvalue weighted by molar-refractivity contribution is 8.18. The molecule has 1 aromatic carbocycles. The predicted molar refractivity (Wildman–Crippen MR) is 120 cm³/mol. The number of morpholine rings is 1. The molecule has 2 aliphatic rings. The summed E-state index contributed by atoms with van der Waals surface area (Å²) in [5, 5.41) is -0.537.